The van der Waals surface area contributed by atoms with Crippen LogP contribution in [0.25, 0.3) is 0 Å². The number of carbonyl (C=O) groups excluding carboxylic acids is 1. The monoisotopic (exact) mass is 368 g/mol. The summed E-state index contributed by atoms with van der Waals surface area (Å²) in [5.41, 5.74) is 0. The van der Waals surface area contributed by atoms with E-state index >= 15 is 0 Å². The molecule has 0 aromatic heterocycles. The van der Waals surface area contributed by atoms with E-state index in [0.29, 0.717) is 6.42 Å². The van der Waals surface area contributed by atoms with Crippen molar-refractivity contribution in [3.05, 3.63) is 0 Å². The zero-order valence-electron chi connectivity index (χ0n) is 17.5. The number of ether oxygens (including phenoxy) is 1. The van der Waals surface area contributed by atoms with Gasteiger partial charge in [-0.3, -0.25) is 0 Å². The summed E-state index contributed by atoms with van der Waals surface area (Å²) in [5, 5.41) is 10.5. The van der Waals surface area contributed by atoms with Gasteiger partial charge in [0.25, 0.3) is 0 Å². The third kappa shape index (κ3) is 10.1. The molecule has 0 spiro atoms. The number of aliphatic hydroxyl groups is 1. The van der Waals surface area contributed by atoms with Crippen LogP contribution in [0.4, 0.5) is 0 Å². The molecule has 1 rings (SSSR count). The van der Waals surface area contributed by atoms with E-state index in [0.717, 1.165) is 32.0 Å². The Morgan fingerprint density at radius 2 is 1.31 bits per heavy atom. The Bertz CT molecular complexity index is 331. The average Bonchev–Trinajstić information content (AvgIpc) is 2.64. The lowest BCUT2D eigenvalue weighted by Gasteiger charge is -2.37. The van der Waals surface area contributed by atoms with Gasteiger partial charge in [-0.15, -0.1) is 0 Å². The Kier molecular flexibility index (Phi) is 14.2. The minimum absolute atomic E-state index is 0.00345. The summed E-state index contributed by atoms with van der Waals surface area (Å²) < 4.78 is 6.02. The summed E-state index contributed by atoms with van der Waals surface area (Å²) in [4.78, 5) is 11.4. The van der Waals surface area contributed by atoms with Crippen molar-refractivity contribution < 1.29 is 14.6 Å². The normalized spacial score (nSPS) is 26.1. The third-order valence-corrected chi connectivity index (χ3v) is 5.92. The van der Waals surface area contributed by atoms with Gasteiger partial charge in [0.2, 0.25) is 0 Å². The van der Waals surface area contributed by atoms with Gasteiger partial charge in [0, 0.05) is 5.92 Å². The molecule has 4 atom stereocenters. The zero-order valence-corrected chi connectivity index (χ0v) is 17.5. The predicted molar refractivity (Wildman–Crippen MR) is 109 cm³/mol. The van der Waals surface area contributed by atoms with Crippen molar-refractivity contribution in [2.45, 2.75) is 135 Å². The molecule has 1 fully saturated rings. The summed E-state index contributed by atoms with van der Waals surface area (Å²) in [6.07, 6.45) is 19.4. The maximum atomic E-state index is 11.4. The van der Waals surface area contributed by atoms with Crippen molar-refractivity contribution in [3.63, 3.8) is 0 Å². The first-order valence-corrected chi connectivity index (χ1v) is 11.5. The lowest BCUT2D eigenvalue weighted by atomic mass is 9.84. The van der Waals surface area contributed by atoms with Crippen LogP contribution in [0.5, 0.6) is 0 Å². The molecule has 0 aromatic carbocycles. The van der Waals surface area contributed by atoms with Gasteiger partial charge < -0.3 is 14.6 Å². The highest BCUT2D eigenvalue weighted by Gasteiger charge is 2.36. The van der Waals surface area contributed by atoms with Gasteiger partial charge >= 0.3 is 0 Å². The first kappa shape index (κ1) is 23.6. The molecule has 0 amide bonds. The van der Waals surface area contributed by atoms with Gasteiger partial charge in [-0.25, -0.2) is 0 Å². The summed E-state index contributed by atoms with van der Waals surface area (Å²) in [6, 6.07) is 0. The largest absolute Gasteiger partial charge is 0.393 e. The fraction of sp³-hybridized carbons (Fsp3) is 0.957. The Morgan fingerprint density at radius 1 is 0.808 bits per heavy atom. The molecule has 154 valence electrons. The molecule has 0 radical (unpaired) electrons. The highest BCUT2D eigenvalue weighted by atomic mass is 16.5. The van der Waals surface area contributed by atoms with Crippen molar-refractivity contribution >= 4 is 6.29 Å². The summed E-state index contributed by atoms with van der Waals surface area (Å²) in [7, 11) is 0. The molecule has 26 heavy (non-hydrogen) atoms. The van der Waals surface area contributed by atoms with Crippen LogP contribution in [0.15, 0.2) is 0 Å². The van der Waals surface area contributed by atoms with Gasteiger partial charge in [0.05, 0.1) is 12.2 Å². The van der Waals surface area contributed by atoms with E-state index in [1.165, 1.54) is 70.6 Å². The molecule has 1 aliphatic rings. The fourth-order valence-corrected chi connectivity index (χ4v) is 4.21. The number of unbranched alkanes of at least 4 members (excludes halogenated alkanes) is 11. The highest BCUT2D eigenvalue weighted by molar-refractivity contribution is 5.57. The van der Waals surface area contributed by atoms with E-state index in [1.807, 2.05) is 0 Å². The number of hydrogen-bond donors (Lipinski definition) is 1. The van der Waals surface area contributed by atoms with Gasteiger partial charge in [0.1, 0.15) is 12.4 Å². The molecule has 0 saturated carbocycles. The Balaban J connectivity index is 2.14. The molecular weight excluding hydrogens is 324 g/mol. The van der Waals surface area contributed by atoms with Gasteiger partial charge in [-0.2, -0.15) is 0 Å². The molecule has 3 heteroatoms. The number of aldehydes is 1. The molecule has 0 aliphatic carbocycles. The SMILES string of the molecule is CCCCCCCCCCCC1CC(O)C(CCCCCC)C(C=O)O1. The van der Waals surface area contributed by atoms with Crippen LogP contribution in [0.1, 0.15) is 117 Å². The highest BCUT2D eigenvalue weighted by Crippen LogP contribution is 2.31. The second kappa shape index (κ2) is 15.6. The van der Waals surface area contributed by atoms with Crippen LogP contribution in [0.3, 0.4) is 0 Å². The lowest BCUT2D eigenvalue weighted by molar-refractivity contribution is -0.153. The molecule has 1 heterocycles. The van der Waals surface area contributed by atoms with Crippen LogP contribution >= 0.6 is 0 Å². The number of aliphatic hydroxyl groups excluding tert-OH is 1. The third-order valence-electron chi connectivity index (χ3n) is 5.92. The molecule has 0 bridgehead atoms. The van der Waals surface area contributed by atoms with E-state index in [2.05, 4.69) is 13.8 Å². The van der Waals surface area contributed by atoms with E-state index in [-0.39, 0.29) is 18.1 Å². The number of carbonyl (C=O) groups is 1. The van der Waals surface area contributed by atoms with E-state index in [4.69, 9.17) is 4.74 Å². The van der Waals surface area contributed by atoms with Gasteiger partial charge in [-0.1, -0.05) is 97.3 Å². The minimum Gasteiger partial charge on any atom is -0.393 e. The van der Waals surface area contributed by atoms with Crippen molar-refractivity contribution in [2.75, 3.05) is 0 Å². The lowest BCUT2D eigenvalue weighted by Crippen LogP contribution is -2.45. The molecule has 0 aromatic rings. The smallest absolute Gasteiger partial charge is 0.149 e. The molecule has 1 aliphatic heterocycles. The Labute approximate surface area is 162 Å². The Morgan fingerprint density at radius 3 is 1.88 bits per heavy atom. The van der Waals surface area contributed by atoms with Crippen LogP contribution in [-0.4, -0.2) is 29.7 Å². The van der Waals surface area contributed by atoms with Crippen LogP contribution in [0.2, 0.25) is 0 Å². The summed E-state index contributed by atoms with van der Waals surface area (Å²) >= 11 is 0. The number of hydrogen-bond acceptors (Lipinski definition) is 3. The molecule has 1 N–H and O–H groups in total. The van der Waals surface area contributed by atoms with Crippen LogP contribution < -0.4 is 0 Å². The van der Waals surface area contributed by atoms with E-state index < -0.39 is 6.10 Å². The summed E-state index contributed by atoms with van der Waals surface area (Å²) in [6.45, 7) is 4.46. The van der Waals surface area contributed by atoms with E-state index in [9.17, 15) is 9.90 Å². The van der Waals surface area contributed by atoms with E-state index in [1.54, 1.807) is 0 Å². The molecule has 4 unspecified atom stereocenters. The van der Waals surface area contributed by atoms with Crippen LogP contribution in [0, 0.1) is 5.92 Å². The van der Waals surface area contributed by atoms with Crippen molar-refractivity contribution in [1.29, 1.82) is 0 Å². The van der Waals surface area contributed by atoms with Gasteiger partial charge in [0.15, 0.2) is 0 Å². The summed E-state index contributed by atoms with van der Waals surface area (Å²) in [5.74, 6) is 0.00345. The standard InChI is InChI=1S/C23H44O3/c1-3-5-7-9-10-11-12-13-14-16-20-18-22(25)21(23(19-24)26-20)17-15-8-6-4-2/h19-23,25H,3-18H2,1-2H3. The average molecular weight is 369 g/mol. The molecule has 3 nitrogen and oxygen atoms in total. The second-order valence-electron chi connectivity index (χ2n) is 8.29. The number of rotatable bonds is 16. The van der Waals surface area contributed by atoms with Crippen molar-refractivity contribution in [3.8, 4) is 0 Å². The van der Waals surface area contributed by atoms with Gasteiger partial charge in [-0.05, 0) is 19.3 Å². The maximum Gasteiger partial charge on any atom is 0.149 e. The zero-order chi connectivity index (χ0) is 19.0. The quantitative estimate of drug-likeness (QED) is 0.260. The first-order valence-electron chi connectivity index (χ1n) is 11.5. The molecule has 1 saturated heterocycles. The fourth-order valence-electron chi connectivity index (χ4n) is 4.21. The minimum atomic E-state index is -0.399. The van der Waals surface area contributed by atoms with Crippen molar-refractivity contribution in [1.82, 2.24) is 0 Å². The topological polar surface area (TPSA) is 46.5 Å². The van der Waals surface area contributed by atoms with Crippen molar-refractivity contribution in [2.24, 2.45) is 5.92 Å². The Hall–Kier alpha value is -0.410. The maximum absolute atomic E-state index is 11.4. The first-order chi connectivity index (χ1) is 12.7. The predicted octanol–water partition coefficient (Wildman–Crippen LogP) is 6.21. The molecular formula is C23H44O3. The second-order valence-corrected chi connectivity index (χ2v) is 8.29. The van der Waals surface area contributed by atoms with Crippen LogP contribution in [-0.2, 0) is 9.53 Å².